The second-order valence-electron chi connectivity index (χ2n) is 3.21. The molecule has 4 nitrogen and oxygen atoms in total. The van der Waals surface area contributed by atoms with Crippen LogP contribution in [0.3, 0.4) is 0 Å². The highest BCUT2D eigenvalue weighted by atomic mass is 16.4. The van der Waals surface area contributed by atoms with Gasteiger partial charge in [-0.1, -0.05) is 0 Å². The average molecular weight is 178 g/mol. The van der Waals surface area contributed by atoms with Crippen LogP contribution in [-0.4, -0.2) is 21.3 Å². The Kier molecular flexibility index (Phi) is 1.96. The molecule has 0 saturated carbocycles. The van der Waals surface area contributed by atoms with Gasteiger partial charge in [-0.25, -0.2) is 4.79 Å². The van der Waals surface area contributed by atoms with Crippen LogP contribution in [0, 0.1) is 0 Å². The van der Waals surface area contributed by atoms with Crippen LogP contribution in [0.15, 0.2) is 6.20 Å². The van der Waals surface area contributed by atoms with Crippen LogP contribution < -0.4 is 0 Å². The summed E-state index contributed by atoms with van der Waals surface area (Å²) in [5.74, 6) is -0.966. The molecule has 1 aliphatic rings. The second-order valence-corrected chi connectivity index (χ2v) is 3.21. The SMILES string of the molecule is O=C(O)c1nncc2c1CCCC2. The first-order valence-electron chi connectivity index (χ1n) is 4.36. The molecule has 0 saturated heterocycles. The molecule has 13 heavy (non-hydrogen) atoms. The van der Waals surface area contributed by atoms with E-state index in [9.17, 15) is 4.79 Å². The molecule has 4 heteroatoms. The fourth-order valence-corrected chi connectivity index (χ4v) is 1.73. The van der Waals surface area contributed by atoms with Crippen LogP contribution in [0.1, 0.15) is 34.5 Å². The number of aromatic nitrogens is 2. The maximum atomic E-state index is 10.8. The van der Waals surface area contributed by atoms with Gasteiger partial charge >= 0.3 is 5.97 Å². The van der Waals surface area contributed by atoms with Crippen molar-refractivity contribution in [2.24, 2.45) is 0 Å². The number of nitrogens with zero attached hydrogens (tertiary/aromatic N) is 2. The molecule has 1 aromatic rings. The Bertz CT molecular complexity index is 349. The summed E-state index contributed by atoms with van der Waals surface area (Å²) in [5, 5.41) is 16.2. The summed E-state index contributed by atoms with van der Waals surface area (Å²) in [6.07, 6.45) is 5.62. The number of aromatic carboxylic acids is 1. The van der Waals surface area contributed by atoms with Crippen molar-refractivity contribution in [2.45, 2.75) is 25.7 Å². The molecule has 1 heterocycles. The van der Waals surface area contributed by atoms with E-state index in [1.54, 1.807) is 6.20 Å². The number of carboxylic acids is 1. The monoisotopic (exact) mass is 178 g/mol. The molecule has 0 aliphatic heterocycles. The van der Waals surface area contributed by atoms with E-state index in [1.165, 1.54) is 0 Å². The minimum atomic E-state index is -0.966. The molecule has 0 radical (unpaired) electrons. The zero-order valence-corrected chi connectivity index (χ0v) is 7.16. The van der Waals surface area contributed by atoms with Gasteiger partial charge in [0, 0.05) is 0 Å². The van der Waals surface area contributed by atoms with Gasteiger partial charge in [-0.3, -0.25) is 0 Å². The third-order valence-electron chi connectivity index (χ3n) is 2.37. The average Bonchev–Trinajstić information content (AvgIpc) is 2.17. The lowest BCUT2D eigenvalue weighted by atomic mass is 9.92. The predicted octanol–water partition coefficient (Wildman–Crippen LogP) is 1.05. The van der Waals surface area contributed by atoms with E-state index in [0.717, 1.165) is 36.8 Å². The van der Waals surface area contributed by atoms with E-state index >= 15 is 0 Å². The Labute approximate surface area is 75.6 Å². The van der Waals surface area contributed by atoms with E-state index in [-0.39, 0.29) is 5.69 Å². The number of rotatable bonds is 1. The molecule has 0 bridgehead atoms. The van der Waals surface area contributed by atoms with Crippen LogP contribution in [0.2, 0.25) is 0 Å². The summed E-state index contributed by atoms with van der Waals surface area (Å²) in [6.45, 7) is 0. The van der Waals surface area contributed by atoms with Crippen molar-refractivity contribution in [2.75, 3.05) is 0 Å². The molecule has 1 N–H and O–H groups in total. The van der Waals surface area contributed by atoms with Crippen LogP contribution in [0.4, 0.5) is 0 Å². The van der Waals surface area contributed by atoms with Crippen LogP contribution >= 0.6 is 0 Å². The fourth-order valence-electron chi connectivity index (χ4n) is 1.73. The Hall–Kier alpha value is -1.45. The van der Waals surface area contributed by atoms with Gasteiger partial charge in [-0.05, 0) is 36.8 Å². The Morgan fingerprint density at radius 2 is 2.15 bits per heavy atom. The molecule has 0 fully saturated rings. The smallest absolute Gasteiger partial charge is 0.356 e. The molecular weight excluding hydrogens is 168 g/mol. The standard InChI is InChI=1S/C9H10N2O2/c12-9(13)8-7-4-2-1-3-6(7)5-10-11-8/h5H,1-4H2,(H,12,13). The second kappa shape index (κ2) is 3.12. The third kappa shape index (κ3) is 1.39. The lowest BCUT2D eigenvalue weighted by molar-refractivity contribution is 0.0687. The highest BCUT2D eigenvalue weighted by Gasteiger charge is 2.18. The van der Waals surface area contributed by atoms with Gasteiger partial charge in [0.15, 0.2) is 5.69 Å². The third-order valence-corrected chi connectivity index (χ3v) is 2.37. The summed E-state index contributed by atoms with van der Waals surface area (Å²) >= 11 is 0. The molecule has 0 spiro atoms. The zero-order chi connectivity index (χ0) is 9.26. The van der Waals surface area contributed by atoms with E-state index in [1.807, 2.05) is 0 Å². The minimum absolute atomic E-state index is 0.136. The maximum absolute atomic E-state index is 10.8. The van der Waals surface area contributed by atoms with Gasteiger partial charge < -0.3 is 5.11 Å². The fraction of sp³-hybridized carbons (Fsp3) is 0.444. The summed E-state index contributed by atoms with van der Waals surface area (Å²) < 4.78 is 0. The lowest BCUT2D eigenvalue weighted by Gasteiger charge is -2.15. The van der Waals surface area contributed by atoms with Crippen molar-refractivity contribution in [1.29, 1.82) is 0 Å². The van der Waals surface area contributed by atoms with Gasteiger partial charge in [-0.15, -0.1) is 5.10 Å². The highest BCUT2D eigenvalue weighted by molar-refractivity contribution is 5.87. The first-order chi connectivity index (χ1) is 6.29. The van der Waals surface area contributed by atoms with Gasteiger partial charge in [0.05, 0.1) is 6.20 Å². The Morgan fingerprint density at radius 1 is 1.38 bits per heavy atom. The molecule has 0 amide bonds. The molecule has 0 atom stereocenters. The molecule has 1 aromatic heterocycles. The number of hydrogen-bond donors (Lipinski definition) is 1. The number of fused-ring (bicyclic) bond motifs is 1. The molecule has 0 unspecified atom stereocenters. The Balaban J connectivity index is 2.52. The largest absolute Gasteiger partial charge is 0.476 e. The first kappa shape index (κ1) is 8.16. The highest BCUT2D eigenvalue weighted by Crippen LogP contribution is 2.21. The summed E-state index contributed by atoms with van der Waals surface area (Å²) in [5.41, 5.74) is 2.07. The van der Waals surface area contributed by atoms with Crippen LogP contribution in [0.5, 0.6) is 0 Å². The predicted molar refractivity (Wildman–Crippen MR) is 45.6 cm³/mol. The summed E-state index contributed by atoms with van der Waals surface area (Å²) in [7, 11) is 0. The molecule has 2 rings (SSSR count). The van der Waals surface area contributed by atoms with Crippen molar-refractivity contribution in [3.05, 3.63) is 23.0 Å². The number of aryl methyl sites for hydroxylation is 1. The molecule has 1 aliphatic carbocycles. The lowest BCUT2D eigenvalue weighted by Crippen LogP contribution is -2.13. The molecular formula is C9H10N2O2. The molecule has 0 aromatic carbocycles. The summed E-state index contributed by atoms with van der Waals surface area (Å²) in [6, 6.07) is 0. The Morgan fingerprint density at radius 3 is 2.92 bits per heavy atom. The van der Waals surface area contributed by atoms with Crippen molar-refractivity contribution in [1.82, 2.24) is 10.2 Å². The number of carbonyl (C=O) groups is 1. The minimum Gasteiger partial charge on any atom is -0.476 e. The quantitative estimate of drug-likeness (QED) is 0.698. The van der Waals surface area contributed by atoms with Crippen molar-refractivity contribution >= 4 is 5.97 Å². The zero-order valence-electron chi connectivity index (χ0n) is 7.16. The van der Waals surface area contributed by atoms with Gasteiger partial charge in [0.25, 0.3) is 0 Å². The van der Waals surface area contributed by atoms with E-state index in [2.05, 4.69) is 10.2 Å². The van der Waals surface area contributed by atoms with E-state index < -0.39 is 5.97 Å². The van der Waals surface area contributed by atoms with E-state index in [0.29, 0.717) is 0 Å². The van der Waals surface area contributed by atoms with E-state index in [4.69, 9.17) is 5.11 Å². The van der Waals surface area contributed by atoms with Crippen molar-refractivity contribution < 1.29 is 9.90 Å². The normalized spacial score (nSPS) is 15.1. The topological polar surface area (TPSA) is 63.1 Å². The summed E-state index contributed by atoms with van der Waals surface area (Å²) in [4.78, 5) is 10.8. The van der Waals surface area contributed by atoms with Crippen molar-refractivity contribution in [3.8, 4) is 0 Å². The van der Waals surface area contributed by atoms with Crippen LogP contribution in [0.25, 0.3) is 0 Å². The van der Waals surface area contributed by atoms with Gasteiger partial charge in [-0.2, -0.15) is 5.10 Å². The van der Waals surface area contributed by atoms with Gasteiger partial charge in [0.1, 0.15) is 0 Å². The van der Waals surface area contributed by atoms with Crippen LogP contribution in [-0.2, 0) is 12.8 Å². The van der Waals surface area contributed by atoms with Crippen molar-refractivity contribution in [3.63, 3.8) is 0 Å². The first-order valence-corrected chi connectivity index (χ1v) is 4.36. The number of hydrogen-bond acceptors (Lipinski definition) is 3. The van der Waals surface area contributed by atoms with Gasteiger partial charge in [0.2, 0.25) is 0 Å². The molecule has 68 valence electrons. The number of carboxylic acid groups (broad SMARTS) is 1. The maximum Gasteiger partial charge on any atom is 0.356 e.